The largest absolute Gasteiger partial charge is 0.508 e. The molecule has 7 nitrogen and oxygen atoms in total. The first-order valence-electron chi connectivity index (χ1n) is 15.3. The summed E-state index contributed by atoms with van der Waals surface area (Å²) in [6, 6.07) is 4.85. The quantitative estimate of drug-likeness (QED) is 0.0906. The van der Waals surface area contributed by atoms with E-state index in [0.717, 1.165) is 25.3 Å². The third-order valence-electron chi connectivity index (χ3n) is 7.96. The Morgan fingerprint density at radius 2 is 1.10 bits per heavy atom. The molecular weight excluding hydrogens is 508 g/mol. The van der Waals surface area contributed by atoms with Gasteiger partial charge in [-0.1, -0.05) is 103 Å². The summed E-state index contributed by atoms with van der Waals surface area (Å²) in [6.07, 6.45) is 19.8. The van der Waals surface area contributed by atoms with Gasteiger partial charge in [-0.05, 0) is 30.2 Å². The number of carbonyl (C=O) groups is 1. The first-order chi connectivity index (χ1) is 19.3. The average Bonchev–Trinajstić information content (AvgIpc) is 2.92. The van der Waals surface area contributed by atoms with Crippen molar-refractivity contribution in [3.63, 3.8) is 0 Å². The first kappa shape index (κ1) is 31.9. The molecule has 2 aromatic carbocycles. The third-order valence-corrected chi connectivity index (χ3v) is 7.96. The molecule has 0 radical (unpaired) electrons. The summed E-state index contributed by atoms with van der Waals surface area (Å²) in [5, 5.41) is 52.4. The zero-order valence-corrected chi connectivity index (χ0v) is 24.1. The number of aromatic hydroxyl groups is 3. The van der Waals surface area contributed by atoms with Crippen LogP contribution in [0.25, 0.3) is 0 Å². The van der Waals surface area contributed by atoms with Crippen LogP contribution in [-0.2, 0) is 17.1 Å². The third kappa shape index (κ3) is 8.21. The Labute approximate surface area is 238 Å². The highest BCUT2D eigenvalue weighted by Gasteiger charge is 2.46. The van der Waals surface area contributed by atoms with E-state index in [1.807, 2.05) is 0 Å². The Bertz CT molecular complexity index is 1100. The monoisotopic (exact) mass is 556 g/mol. The number of hydrogen-bond acceptors (Lipinski definition) is 7. The van der Waals surface area contributed by atoms with Crippen molar-refractivity contribution in [1.29, 1.82) is 0 Å². The van der Waals surface area contributed by atoms with Crippen LogP contribution < -0.4 is 0 Å². The topological polar surface area (TPSA) is 127 Å². The Morgan fingerprint density at radius 1 is 0.650 bits per heavy atom. The maximum Gasteiger partial charge on any atom is 0.221 e. The molecule has 0 amide bonds. The van der Waals surface area contributed by atoms with Crippen LogP contribution >= 0.6 is 0 Å². The molecular formula is C33H48O7. The fraction of sp³-hybridized carbons (Fsp3) is 0.606. The second kappa shape index (κ2) is 16.0. The second-order valence-corrected chi connectivity index (χ2v) is 11.2. The molecule has 5 N–H and O–H groups in total. The Balaban J connectivity index is 1.44. The molecule has 0 aliphatic heterocycles. The van der Waals surface area contributed by atoms with Crippen molar-refractivity contribution in [2.24, 2.45) is 0 Å². The highest BCUT2D eigenvalue weighted by molar-refractivity contribution is 6.16. The van der Waals surface area contributed by atoms with Crippen molar-refractivity contribution in [3.05, 3.63) is 52.1 Å². The van der Waals surface area contributed by atoms with Crippen molar-refractivity contribution in [2.75, 3.05) is 6.61 Å². The molecule has 40 heavy (non-hydrogen) atoms. The average molecular weight is 557 g/mol. The molecule has 0 unspecified atom stereocenters. The summed E-state index contributed by atoms with van der Waals surface area (Å²) in [4.78, 5) is 13.2. The molecule has 0 spiro atoms. The molecule has 222 valence electrons. The smallest absolute Gasteiger partial charge is 0.221 e. The fourth-order valence-electron chi connectivity index (χ4n) is 5.70. The number of benzene rings is 2. The van der Waals surface area contributed by atoms with Crippen LogP contribution in [-0.4, -0.2) is 37.9 Å². The number of phenolic OH excluding ortho intramolecular Hbond substituents is 3. The predicted molar refractivity (Wildman–Crippen MR) is 156 cm³/mol. The summed E-state index contributed by atoms with van der Waals surface area (Å²) in [5.74, 6) is -4.15. The Morgan fingerprint density at radius 3 is 1.60 bits per heavy atom. The van der Waals surface area contributed by atoms with Gasteiger partial charge in [0.1, 0.15) is 17.2 Å². The van der Waals surface area contributed by atoms with E-state index >= 15 is 0 Å². The molecule has 3 rings (SSSR count). The number of rotatable bonds is 19. The van der Waals surface area contributed by atoms with Crippen molar-refractivity contribution in [3.8, 4) is 17.2 Å². The zero-order valence-electron chi connectivity index (χ0n) is 24.1. The summed E-state index contributed by atoms with van der Waals surface area (Å²) in [7, 11) is 0. The number of ether oxygens (including phenoxy) is 1. The zero-order chi connectivity index (χ0) is 29.0. The molecule has 2 aromatic rings. The second-order valence-electron chi connectivity index (χ2n) is 11.2. The summed E-state index contributed by atoms with van der Waals surface area (Å²) >= 11 is 0. The molecule has 0 fully saturated rings. The summed E-state index contributed by atoms with van der Waals surface area (Å²) in [6.45, 7) is 2.01. The van der Waals surface area contributed by atoms with Gasteiger partial charge in [0.05, 0.1) is 24.3 Å². The van der Waals surface area contributed by atoms with Crippen molar-refractivity contribution >= 4 is 5.78 Å². The number of unbranched alkanes of at least 4 members (excludes halogenated alkanes) is 15. The molecule has 1 atom stereocenters. The number of carbonyl (C=O) groups excluding carboxylic acids is 1. The van der Waals surface area contributed by atoms with Crippen LogP contribution in [0.1, 0.15) is 142 Å². The lowest BCUT2D eigenvalue weighted by Crippen LogP contribution is -2.38. The number of hydrogen-bond donors (Lipinski definition) is 5. The van der Waals surface area contributed by atoms with Crippen LogP contribution in [0, 0.1) is 0 Å². The molecule has 0 saturated carbocycles. The van der Waals surface area contributed by atoms with E-state index in [1.165, 1.54) is 95.2 Å². The normalized spacial score (nSPS) is 16.2. The van der Waals surface area contributed by atoms with Crippen LogP contribution in [0.2, 0.25) is 0 Å². The maximum absolute atomic E-state index is 13.2. The van der Waals surface area contributed by atoms with E-state index in [2.05, 4.69) is 6.92 Å². The highest BCUT2D eigenvalue weighted by Crippen LogP contribution is 2.48. The lowest BCUT2D eigenvalue weighted by molar-refractivity contribution is -0.182. The Hall–Kier alpha value is -2.61. The molecule has 0 heterocycles. The number of ketones is 1. The lowest BCUT2D eigenvalue weighted by atomic mass is 9.78. The van der Waals surface area contributed by atoms with Crippen LogP contribution in [0.5, 0.6) is 17.2 Å². The van der Waals surface area contributed by atoms with Gasteiger partial charge < -0.3 is 30.3 Å². The Kier molecular flexibility index (Phi) is 12.8. The first-order valence-corrected chi connectivity index (χ1v) is 15.3. The van der Waals surface area contributed by atoms with E-state index in [4.69, 9.17) is 4.74 Å². The fourth-order valence-corrected chi connectivity index (χ4v) is 5.70. The van der Waals surface area contributed by atoms with Gasteiger partial charge in [0.2, 0.25) is 11.6 Å². The predicted octanol–water partition coefficient (Wildman–Crippen LogP) is 7.31. The minimum atomic E-state index is -2.19. The lowest BCUT2D eigenvalue weighted by Gasteiger charge is -2.36. The van der Waals surface area contributed by atoms with Gasteiger partial charge in [0.15, 0.2) is 0 Å². The van der Waals surface area contributed by atoms with Gasteiger partial charge in [-0.25, -0.2) is 0 Å². The highest BCUT2D eigenvalue weighted by atomic mass is 16.6. The maximum atomic E-state index is 13.2. The standard InChI is InChI=1S/C33H48O7/c1-2-3-4-5-6-7-8-9-10-11-12-13-14-15-16-17-18-40-33(39)26-19-24(23-34)20-28(36)30(26)32(38)31-27(33)21-25(35)22-29(31)37/h19-22,34-37,39H,2-18,23H2,1H3/t33-/m0/s1. The van der Waals surface area contributed by atoms with Crippen molar-refractivity contribution in [1.82, 2.24) is 0 Å². The SMILES string of the molecule is CCCCCCCCCCCCCCCCCCO[C@]1(O)c2cc(O)cc(O)c2C(=O)c2c(O)cc(CO)cc21. The summed E-state index contributed by atoms with van der Waals surface area (Å²) < 4.78 is 5.94. The van der Waals surface area contributed by atoms with E-state index in [1.54, 1.807) is 0 Å². The van der Waals surface area contributed by atoms with Gasteiger partial charge in [-0.3, -0.25) is 4.79 Å². The van der Waals surface area contributed by atoms with E-state index in [-0.39, 0.29) is 34.6 Å². The van der Waals surface area contributed by atoms with Crippen molar-refractivity contribution in [2.45, 2.75) is 122 Å². The molecule has 1 aliphatic rings. The van der Waals surface area contributed by atoms with Crippen LogP contribution in [0.15, 0.2) is 24.3 Å². The minimum absolute atomic E-state index is 0.0180. The molecule has 0 aromatic heterocycles. The number of fused-ring (bicyclic) bond motifs is 2. The number of aliphatic hydroxyl groups excluding tert-OH is 1. The van der Waals surface area contributed by atoms with Crippen LogP contribution in [0.4, 0.5) is 0 Å². The molecule has 0 bridgehead atoms. The van der Waals surface area contributed by atoms with Gasteiger partial charge in [0.25, 0.3) is 0 Å². The van der Waals surface area contributed by atoms with Gasteiger partial charge in [-0.15, -0.1) is 0 Å². The molecule has 7 heteroatoms. The van der Waals surface area contributed by atoms with Gasteiger partial charge in [-0.2, -0.15) is 0 Å². The van der Waals surface area contributed by atoms with Crippen LogP contribution in [0.3, 0.4) is 0 Å². The van der Waals surface area contributed by atoms with E-state index in [9.17, 15) is 30.3 Å². The van der Waals surface area contributed by atoms with Gasteiger partial charge in [0, 0.05) is 17.2 Å². The van der Waals surface area contributed by atoms with Gasteiger partial charge >= 0.3 is 0 Å². The molecule has 0 saturated heterocycles. The number of aliphatic hydroxyl groups is 2. The minimum Gasteiger partial charge on any atom is -0.508 e. The molecule has 1 aliphatic carbocycles. The number of phenols is 3. The van der Waals surface area contributed by atoms with E-state index < -0.39 is 29.7 Å². The van der Waals surface area contributed by atoms with E-state index in [0.29, 0.717) is 12.0 Å². The summed E-state index contributed by atoms with van der Waals surface area (Å²) in [5.41, 5.74) is -0.239. The van der Waals surface area contributed by atoms with Crippen molar-refractivity contribution < 1.29 is 35.1 Å².